The van der Waals surface area contributed by atoms with Crippen molar-refractivity contribution in [2.24, 2.45) is 4.99 Å². The molecule has 0 saturated carbocycles. The summed E-state index contributed by atoms with van der Waals surface area (Å²) >= 11 is 12.2. The number of ether oxygens (including phenoxy) is 1. The summed E-state index contributed by atoms with van der Waals surface area (Å²) in [5.74, 6) is 0.509. The number of carbonyl (C=O) groups is 1. The lowest BCUT2D eigenvalue weighted by Gasteiger charge is -2.15. The van der Waals surface area contributed by atoms with Gasteiger partial charge in [-0.25, -0.2) is 0 Å². The number of nitrogens with one attached hydrogen (secondary N) is 2. The molecule has 33 heavy (non-hydrogen) atoms. The zero-order valence-electron chi connectivity index (χ0n) is 19.1. The third kappa shape index (κ3) is 6.27. The van der Waals surface area contributed by atoms with E-state index < -0.39 is 0 Å². The molecule has 0 aliphatic carbocycles. The van der Waals surface area contributed by atoms with Crippen LogP contribution < -0.4 is 15.4 Å². The quantitative estimate of drug-likeness (QED) is 0.351. The van der Waals surface area contributed by atoms with Crippen LogP contribution in [0.25, 0.3) is 0 Å². The highest BCUT2D eigenvalue weighted by molar-refractivity contribution is 6.31. The minimum absolute atomic E-state index is 0.277. The molecule has 0 unspecified atom stereocenters. The van der Waals surface area contributed by atoms with Gasteiger partial charge in [-0.1, -0.05) is 29.3 Å². The van der Waals surface area contributed by atoms with Gasteiger partial charge in [0, 0.05) is 34.4 Å². The van der Waals surface area contributed by atoms with E-state index in [0.29, 0.717) is 40.0 Å². The molecule has 9 heteroatoms. The number of benzene rings is 2. The number of guanidine groups is 1. The number of anilines is 1. The molecular formula is C24H27Cl2N5O2. The lowest BCUT2D eigenvalue weighted by Crippen LogP contribution is -2.36. The standard InChI is InChI=1S/C24H27Cl2N5O2/c1-5-31-16(3)20(15(2)30-31)11-12-27-24(28-21-14-19(26)9-10-22(21)33-4)29-23(32)17-7-6-8-18(25)13-17/h6-10,13-14H,5,11-12H2,1-4H3,(H2,27,28,29,32). The largest absolute Gasteiger partial charge is 0.495 e. The van der Waals surface area contributed by atoms with Gasteiger partial charge in [-0.05, 0) is 69.2 Å². The predicted molar refractivity (Wildman–Crippen MR) is 134 cm³/mol. The maximum Gasteiger partial charge on any atom is 0.258 e. The Hall–Kier alpha value is -3.03. The number of nitrogens with zero attached hydrogens (tertiary/aromatic N) is 3. The van der Waals surface area contributed by atoms with E-state index in [1.165, 1.54) is 0 Å². The highest BCUT2D eigenvalue weighted by Crippen LogP contribution is 2.27. The van der Waals surface area contributed by atoms with Crippen LogP contribution in [0.3, 0.4) is 0 Å². The smallest absolute Gasteiger partial charge is 0.258 e. The number of aryl methyl sites for hydroxylation is 2. The van der Waals surface area contributed by atoms with E-state index in [0.717, 1.165) is 23.5 Å². The van der Waals surface area contributed by atoms with E-state index in [9.17, 15) is 4.79 Å². The summed E-state index contributed by atoms with van der Waals surface area (Å²) in [5.41, 5.74) is 4.27. The molecule has 0 fully saturated rings. The van der Waals surface area contributed by atoms with Gasteiger partial charge in [0.05, 0.1) is 18.5 Å². The first-order valence-electron chi connectivity index (χ1n) is 10.6. The van der Waals surface area contributed by atoms with Crippen LogP contribution in [0.15, 0.2) is 47.5 Å². The fraction of sp³-hybridized carbons (Fsp3) is 0.292. The van der Waals surface area contributed by atoms with E-state index in [4.69, 9.17) is 27.9 Å². The van der Waals surface area contributed by atoms with E-state index >= 15 is 0 Å². The third-order valence-corrected chi connectivity index (χ3v) is 5.67. The van der Waals surface area contributed by atoms with Crippen LogP contribution in [-0.4, -0.2) is 35.3 Å². The molecule has 0 aliphatic rings. The Bertz CT molecular complexity index is 1170. The summed E-state index contributed by atoms with van der Waals surface area (Å²) in [7, 11) is 1.56. The van der Waals surface area contributed by atoms with Crippen LogP contribution in [0.5, 0.6) is 5.75 Å². The number of carbonyl (C=O) groups excluding carboxylic acids is 1. The molecule has 0 atom stereocenters. The van der Waals surface area contributed by atoms with Gasteiger partial charge in [0.1, 0.15) is 5.75 Å². The second kappa shape index (κ2) is 11.2. The number of hydrogen-bond acceptors (Lipinski definition) is 4. The third-order valence-electron chi connectivity index (χ3n) is 5.20. The zero-order valence-corrected chi connectivity index (χ0v) is 20.6. The number of halogens is 2. The SMILES string of the molecule is CCn1nc(C)c(CCN=C(NC(=O)c2cccc(Cl)c2)Nc2cc(Cl)ccc2OC)c1C. The Morgan fingerprint density at radius 2 is 1.91 bits per heavy atom. The van der Waals surface area contributed by atoms with E-state index in [-0.39, 0.29) is 11.9 Å². The number of rotatable bonds is 7. The number of amides is 1. The van der Waals surface area contributed by atoms with Crippen LogP contribution in [0.4, 0.5) is 5.69 Å². The summed E-state index contributed by atoms with van der Waals surface area (Å²) < 4.78 is 7.39. The van der Waals surface area contributed by atoms with Crippen molar-refractivity contribution in [3.63, 3.8) is 0 Å². The predicted octanol–water partition coefficient (Wildman–Crippen LogP) is 5.28. The first-order chi connectivity index (χ1) is 15.8. The molecule has 0 aliphatic heterocycles. The van der Waals surface area contributed by atoms with E-state index in [1.807, 2.05) is 11.6 Å². The van der Waals surface area contributed by atoms with Crippen LogP contribution in [-0.2, 0) is 13.0 Å². The number of aromatic nitrogens is 2. The zero-order chi connectivity index (χ0) is 24.0. The summed E-state index contributed by atoms with van der Waals surface area (Å²) in [6, 6.07) is 11.9. The molecule has 3 aromatic rings. The minimum Gasteiger partial charge on any atom is -0.495 e. The van der Waals surface area contributed by atoms with Gasteiger partial charge in [-0.15, -0.1) is 0 Å². The average molecular weight is 488 g/mol. The van der Waals surface area contributed by atoms with Gasteiger partial charge in [-0.2, -0.15) is 5.10 Å². The van der Waals surface area contributed by atoms with Crippen molar-refractivity contribution in [3.05, 3.63) is 75.0 Å². The Balaban J connectivity index is 1.85. The molecule has 0 spiro atoms. The summed E-state index contributed by atoms with van der Waals surface area (Å²) in [5, 5.41) is 11.5. The highest BCUT2D eigenvalue weighted by atomic mass is 35.5. The molecule has 0 saturated heterocycles. The molecule has 2 N–H and O–H groups in total. The maximum atomic E-state index is 12.8. The first kappa shape index (κ1) is 24.6. The normalized spacial score (nSPS) is 11.4. The van der Waals surface area contributed by atoms with Crippen molar-refractivity contribution >= 4 is 40.8 Å². The van der Waals surface area contributed by atoms with Gasteiger partial charge < -0.3 is 10.1 Å². The molecule has 0 bridgehead atoms. The summed E-state index contributed by atoms with van der Waals surface area (Å²) in [6.07, 6.45) is 0.683. The molecular weight excluding hydrogens is 461 g/mol. The minimum atomic E-state index is -0.337. The Morgan fingerprint density at radius 3 is 2.58 bits per heavy atom. The average Bonchev–Trinajstić information content (AvgIpc) is 3.06. The molecule has 1 amide bonds. The fourth-order valence-electron chi connectivity index (χ4n) is 3.51. The lowest BCUT2D eigenvalue weighted by atomic mass is 10.1. The second-order valence-electron chi connectivity index (χ2n) is 7.38. The Morgan fingerprint density at radius 1 is 1.15 bits per heavy atom. The van der Waals surface area contributed by atoms with Gasteiger partial charge in [0.25, 0.3) is 5.91 Å². The van der Waals surface area contributed by atoms with Crippen LogP contribution in [0.1, 0.15) is 34.2 Å². The molecule has 3 rings (SSSR count). The maximum absolute atomic E-state index is 12.8. The second-order valence-corrected chi connectivity index (χ2v) is 8.25. The van der Waals surface area contributed by atoms with E-state index in [2.05, 4.69) is 34.6 Å². The van der Waals surface area contributed by atoms with Crippen molar-refractivity contribution in [2.45, 2.75) is 33.7 Å². The van der Waals surface area contributed by atoms with Crippen molar-refractivity contribution in [1.82, 2.24) is 15.1 Å². The lowest BCUT2D eigenvalue weighted by molar-refractivity contribution is 0.0977. The molecule has 7 nitrogen and oxygen atoms in total. The Kier molecular flexibility index (Phi) is 8.36. The van der Waals surface area contributed by atoms with E-state index in [1.54, 1.807) is 49.6 Å². The molecule has 2 aromatic carbocycles. The number of aliphatic imine (C=N–C) groups is 1. The van der Waals surface area contributed by atoms with Gasteiger partial charge in [-0.3, -0.25) is 19.8 Å². The topological polar surface area (TPSA) is 80.5 Å². The molecule has 174 valence electrons. The van der Waals surface area contributed by atoms with Crippen molar-refractivity contribution in [2.75, 3.05) is 19.0 Å². The van der Waals surface area contributed by atoms with Crippen molar-refractivity contribution in [3.8, 4) is 5.75 Å². The highest BCUT2D eigenvalue weighted by Gasteiger charge is 2.14. The number of hydrogen-bond donors (Lipinski definition) is 2. The van der Waals surface area contributed by atoms with Crippen molar-refractivity contribution < 1.29 is 9.53 Å². The van der Waals surface area contributed by atoms with Crippen molar-refractivity contribution in [1.29, 1.82) is 0 Å². The number of methoxy groups -OCH3 is 1. The van der Waals surface area contributed by atoms with Crippen LogP contribution in [0, 0.1) is 13.8 Å². The first-order valence-corrected chi connectivity index (χ1v) is 11.3. The van der Waals surface area contributed by atoms with Crippen LogP contribution in [0.2, 0.25) is 10.0 Å². The summed E-state index contributed by atoms with van der Waals surface area (Å²) in [6.45, 7) is 7.37. The van der Waals surface area contributed by atoms with Crippen LogP contribution >= 0.6 is 23.2 Å². The summed E-state index contributed by atoms with van der Waals surface area (Å²) in [4.78, 5) is 17.5. The monoisotopic (exact) mass is 487 g/mol. The molecule has 1 aromatic heterocycles. The Labute approximate surface area is 203 Å². The van der Waals surface area contributed by atoms with Gasteiger partial charge >= 0.3 is 0 Å². The molecule has 1 heterocycles. The van der Waals surface area contributed by atoms with Gasteiger partial charge in [0.2, 0.25) is 5.96 Å². The van der Waals surface area contributed by atoms with Gasteiger partial charge in [0.15, 0.2) is 0 Å². The fourth-order valence-corrected chi connectivity index (χ4v) is 3.87. The molecule has 0 radical (unpaired) electrons.